The van der Waals surface area contributed by atoms with Crippen molar-refractivity contribution in [2.24, 2.45) is 0 Å². The fourth-order valence-electron chi connectivity index (χ4n) is 2.19. The monoisotopic (exact) mass is 328 g/mol. The zero-order valence-electron chi connectivity index (χ0n) is 13.8. The van der Waals surface area contributed by atoms with Crippen LogP contribution in [0.1, 0.15) is 23.1 Å². The maximum absolute atomic E-state index is 5.65. The number of anilines is 1. The summed E-state index contributed by atoms with van der Waals surface area (Å²) in [5, 5.41) is 7.12. The van der Waals surface area contributed by atoms with Crippen molar-refractivity contribution in [3.05, 3.63) is 65.2 Å². The second kappa shape index (κ2) is 9.28. The normalized spacial score (nSPS) is 10.3. The van der Waals surface area contributed by atoms with Gasteiger partial charge in [0, 0.05) is 18.8 Å². The number of hydrogen-bond donors (Lipinski definition) is 2. The first-order chi connectivity index (χ1) is 11.2. The van der Waals surface area contributed by atoms with Crippen LogP contribution in [-0.2, 0) is 11.3 Å². The SMILES string of the molecule is Cc1cccc(NC(=S)NCCCOCc2ccccc2)c1C. The lowest BCUT2D eigenvalue weighted by Crippen LogP contribution is -2.30. The molecule has 0 aliphatic carbocycles. The molecule has 0 bridgehead atoms. The Bertz CT molecular complexity index is 629. The van der Waals surface area contributed by atoms with Crippen molar-refractivity contribution < 1.29 is 4.74 Å². The molecule has 0 heterocycles. The van der Waals surface area contributed by atoms with E-state index in [1.807, 2.05) is 30.3 Å². The third kappa shape index (κ3) is 6.00. The van der Waals surface area contributed by atoms with E-state index in [9.17, 15) is 0 Å². The fourth-order valence-corrected chi connectivity index (χ4v) is 2.41. The van der Waals surface area contributed by atoms with Gasteiger partial charge in [-0.2, -0.15) is 0 Å². The van der Waals surface area contributed by atoms with Gasteiger partial charge in [0.25, 0.3) is 0 Å². The molecule has 4 heteroatoms. The Hall–Kier alpha value is -1.91. The quantitative estimate of drug-likeness (QED) is 0.589. The molecule has 2 rings (SSSR count). The summed E-state index contributed by atoms with van der Waals surface area (Å²) in [6.07, 6.45) is 0.918. The number of hydrogen-bond acceptors (Lipinski definition) is 2. The second-order valence-electron chi connectivity index (χ2n) is 5.52. The number of aryl methyl sites for hydroxylation is 1. The summed E-state index contributed by atoms with van der Waals surface area (Å²) in [5.41, 5.74) is 4.74. The van der Waals surface area contributed by atoms with Gasteiger partial charge >= 0.3 is 0 Å². The van der Waals surface area contributed by atoms with E-state index in [0.29, 0.717) is 18.3 Å². The molecular weight excluding hydrogens is 304 g/mol. The smallest absolute Gasteiger partial charge is 0.170 e. The van der Waals surface area contributed by atoms with E-state index < -0.39 is 0 Å². The fraction of sp³-hybridized carbons (Fsp3) is 0.316. The van der Waals surface area contributed by atoms with Gasteiger partial charge in [0.1, 0.15) is 0 Å². The number of rotatable bonds is 7. The number of nitrogens with one attached hydrogen (secondary N) is 2. The van der Waals surface area contributed by atoms with E-state index in [-0.39, 0.29) is 0 Å². The van der Waals surface area contributed by atoms with Crippen LogP contribution in [0.2, 0.25) is 0 Å². The highest BCUT2D eigenvalue weighted by atomic mass is 32.1. The minimum absolute atomic E-state index is 0.654. The van der Waals surface area contributed by atoms with Crippen LogP contribution in [0.3, 0.4) is 0 Å². The summed E-state index contributed by atoms with van der Waals surface area (Å²) in [6.45, 7) is 6.37. The lowest BCUT2D eigenvalue weighted by Gasteiger charge is -2.13. The van der Waals surface area contributed by atoms with Crippen molar-refractivity contribution in [3.63, 3.8) is 0 Å². The van der Waals surface area contributed by atoms with E-state index in [1.165, 1.54) is 16.7 Å². The molecule has 0 atom stereocenters. The first kappa shape index (κ1) is 17.4. The lowest BCUT2D eigenvalue weighted by atomic mass is 10.1. The third-order valence-corrected chi connectivity index (χ3v) is 3.96. The van der Waals surface area contributed by atoms with Crippen LogP contribution < -0.4 is 10.6 Å². The molecule has 122 valence electrons. The average molecular weight is 328 g/mol. The average Bonchev–Trinajstić information content (AvgIpc) is 2.56. The van der Waals surface area contributed by atoms with Crippen LogP contribution in [-0.4, -0.2) is 18.3 Å². The molecule has 0 spiro atoms. The Kier molecular flexibility index (Phi) is 7.04. The van der Waals surface area contributed by atoms with Crippen molar-refractivity contribution in [1.82, 2.24) is 5.32 Å². The summed E-state index contributed by atoms with van der Waals surface area (Å²) in [4.78, 5) is 0. The zero-order chi connectivity index (χ0) is 16.5. The largest absolute Gasteiger partial charge is 0.377 e. The first-order valence-electron chi connectivity index (χ1n) is 7.89. The van der Waals surface area contributed by atoms with E-state index in [1.54, 1.807) is 0 Å². The van der Waals surface area contributed by atoms with Crippen molar-refractivity contribution in [2.75, 3.05) is 18.5 Å². The Morgan fingerprint density at radius 2 is 1.83 bits per heavy atom. The van der Waals surface area contributed by atoms with E-state index in [2.05, 4.69) is 42.7 Å². The Morgan fingerprint density at radius 1 is 1.04 bits per heavy atom. The Balaban J connectivity index is 1.61. The molecule has 2 aromatic carbocycles. The van der Waals surface area contributed by atoms with Gasteiger partial charge in [-0.3, -0.25) is 0 Å². The van der Waals surface area contributed by atoms with Crippen LogP contribution in [0.15, 0.2) is 48.5 Å². The lowest BCUT2D eigenvalue weighted by molar-refractivity contribution is 0.119. The minimum atomic E-state index is 0.654. The Morgan fingerprint density at radius 3 is 2.61 bits per heavy atom. The van der Waals surface area contributed by atoms with Crippen molar-refractivity contribution >= 4 is 23.0 Å². The molecule has 3 nitrogen and oxygen atoms in total. The van der Waals surface area contributed by atoms with Gasteiger partial charge in [-0.05, 0) is 55.2 Å². The van der Waals surface area contributed by atoms with Gasteiger partial charge in [-0.15, -0.1) is 0 Å². The van der Waals surface area contributed by atoms with E-state index in [4.69, 9.17) is 17.0 Å². The summed E-state index contributed by atoms with van der Waals surface area (Å²) in [5.74, 6) is 0. The highest BCUT2D eigenvalue weighted by molar-refractivity contribution is 7.80. The molecule has 0 fully saturated rings. The predicted molar refractivity (Wildman–Crippen MR) is 101 cm³/mol. The standard InChI is InChI=1S/C19H24N2OS/c1-15-8-6-11-18(16(15)2)21-19(23)20-12-7-13-22-14-17-9-4-3-5-10-17/h3-6,8-11H,7,12-14H2,1-2H3,(H2,20,21,23). The molecule has 0 amide bonds. The predicted octanol–water partition coefficient (Wildman–Crippen LogP) is 4.20. The summed E-state index contributed by atoms with van der Waals surface area (Å²) in [6, 6.07) is 16.4. The van der Waals surface area contributed by atoms with Crippen LogP contribution in [0.5, 0.6) is 0 Å². The highest BCUT2D eigenvalue weighted by Gasteiger charge is 2.02. The topological polar surface area (TPSA) is 33.3 Å². The molecular formula is C19H24N2OS. The number of ether oxygens (including phenoxy) is 1. The van der Waals surface area contributed by atoms with Gasteiger partial charge in [-0.1, -0.05) is 42.5 Å². The summed E-state index contributed by atoms with van der Waals surface area (Å²) in [7, 11) is 0. The van der Waals surface area contributed by atoms with Gasteiger partial charge in [0.15, 0.2) is 5.11 Å². The van der Waals surface area contributed by atoms with Crippen molar-refractivity contribution in [1.29, 1.82) is 0 Å². The first-order valence-corrected chi connectivity index (χ1v) is 8.30. The minimum Gasteiger partial charge on any atom is -0.377 e. The Labute approximate surface area is 144 Å². The zero-order valence-corrected chi connectivity index (χ0v) is 14.6. The third-order valence-electron chi connectivity index (χ3n) is 3.72. The van der Waals surface area contributed by atoms with Gasteiger partial charge < -0.3 is 15.4 Å². The molecule has 0 saturated heterocycles. The summed E-state index contributed by atoms with van der Waals surface area (Å²) >= 11 is 5.33. The molecule has 0 saturated carbocycles. The molecule has 0 unspecified atom stereocenters. The van der Waals surface area contributed by atoms with Gasteiger partial charge in [0.05, 0.1) is 6.61 Å². The maximum atomic E-state index is 5.65. The highest BCUT2D eigenvalue weighted by Crippen LogP contribution is 2.17. The van der Waals surface area contributed by atoms with Crippen LogP contribution >= 0.6 is 12.2 Å². The molecule has 0 aromatic heterocycles. The van der Waals surface area contributed by atoms with Crippen molar-refractivity contribution in [3.8, 4) is 0 Å². The number of thiocarbonyl (C=S) groups is 1. The second-order valence-corrected chi connectivity index (χ2v) is 5.93. The molecule has 2 aromatic rings. The van der Waals surface area contributed by atoms with Gasteiger partial charge in [0.2, 0.25) is 0 Å². The molecule has 0 aliphatic heterocycles. The van der Waals surface area contributed by atoms with E-state index >= 15 is 0 Å². The maximum Gasteiger partial charge on any atom is 0.170 e. The molecule has 0 radical (unpaired) electrons. The molecule has 23 heavy (non-hydrogen) atoms. The molecule has 0 aliphatic rings. The van der Waals surface area contributed by atoms with Crippen LogP contribution in [0.25, 0.3) is 0 Å². The van der Waals surface area contributed by atoms with E-state index in [0.717, 1.165) is 18.7 Å². The number of benzene rings is 2. The summed E-state index contributed by atoms with van der Waals surface area (Å²) < 4.78 is 5.65. The van der Waals surface area contributed by atoms with Crippen molar-refractivity contribution in [2.45, 2.75) is 26.9 Å². The van der Waals surface area contributed by atoms with Crippen LogP contribution in [0.4, 0.5) is 5.69 Å². The van der Waals surface area contributed by atoms with Crippen LogP contribution in [0, 0.1) is 13.8 Å². The van der Waals surface area contributed by atoms with Gasteiger partial charge in [-0.25, -0.2) is 0 Å². The molecule has 2 N–H and O–H groups in total.